The maximum absolute atomic E-state index is 6.72. The van der Waals surface area contributed by atoms with Gasteiger partial charge in [-0.15, -0.1) is 0 Å². The van der Waals surface area contributed by atoms with Gasteiger partial charge in [-0.2, -0.15) is 0 Å². The lowest BCUT2D eigenvalue weighted by Crippen LogP contribution is -2.59. The molecule has 0 saturated carbocycles. The summed E-state index contributed by atoms with van der Waals surface area (Å²) in [5.41, 5.74) is 3.08. The number of methoxy groups -OCH3 is 1. The highest BCUT2D eigenvalue weighted by molar-refractivity contribution is 6.73. The largest absolute Gasteiger partial charge is 0.412 e. The van der Waals surface area contributed by atoms with Gasteiger partial charge in [-0.1, -0.05) is 97.9 Å². The summed E-state index contributed by atoms with van der Waals surface area (Å²) in [6.45, 7) is 8.92. The Hall–Kier alpha value is -2.20. The molecule has 0 saturated heterocycles. The molecule has 0 unspecified atom stereocenters. The predicted molar refractivity (Wildman–Crippen MR) is 128 cm³/mol. The van der Waals surface area contributed by atoms with Crippen LogP contribution in [-0.4, -0.2) is 27.3 Å². The minimum atomic E-state index is -2.32. The average molecular weight is 419 g/mol. The van der Waals surface area contributed by atoms with E-state index in [0.717, 1.165) is 6.42 Å². The third kappa shape index (κ3) is 4.29. The standard InChI is InChI=1S/C27H34O2Si/c1-6-22(2)29-30(4,5)26(28-3)27(23-16-10-7-11-17-23,24-18-12-8-13-19-24)25-20-14-9-15-21-25/h7-22,26H,6H2,1-5H3/t22-,26+/m0/s1. The molecule has 0 aromatic heterocycles. The molecule has 158 valence electrons. The highest BCUT2D eigenvalue weighted by atomic mass is 28.4. The van der Waals surface area contributed by atoms with E-state index in [-0.39, 0.29) is 11.8 Å². The number of ether oxygens (including phenoxy) is 1. The van der Waals surface area contributed by atoms with E-state index >= 15 is 0 Å². The Morgan fingerprint density at radius 3 is 1.40 bits per heavy atom. The third-order valence-electron chi connectivity index (χ3n) is 6.03. The van der Waals surface area contributed by atoms with E-state index in [4.69, 9.17) is 9.16 Å². The topological polar surface area (TPSA) is 18.5 Å². The highest BCUT2D eigenvalue weighted by Crippen LogP contribution is 2.46. The van der Waals surface area contributed by atoms with Crippen molar-refractivity contribution in [3.05, 3.63) is 108 Å². The molecule has 0 amide bonds. The molecular weight excluding hydrogens is 384 g/mol. The number of hydrogen-bond acceptors (Lipinski definition) is 2. The summed E-state index contributed by atoms with van der Waals surface area (Å²) in [5.74, 6) is 0. The Labute approximate surface area is 183 Å². The summed E-state index contributed by atoms with van der Waals surface area (Å²) in [7, 11) is -0.487. The zero-order valence-electron chi connectivity index (χ0n) is 18.8. The molecule has 3 rings (SSSR count). The van der Waals surface area contributed by atoms with Crippen molar-refractivity contribution in [1.82, 2.24) is 0 Å². The monoisotopic (exact) mass is 418 g/mol. The lowest BCUT2D eigenvalue weighted by Gasteiger charge is -2.48. The van der Waals surface area contributed by atoms with Crippen molar-refractivity contribution in [2.45, 2.75) is 50.6 Å². The Bertz CT molecular complexity index is 797. The van der Waals surface area contributed by atoms with Gasteiger partial charge in [0.05, 0.1) is 11.1 Å². The minimum absolute atomic E-state index is 0.119. The van der Waals surface area contributed by atoms with Crippen LogP contribution < -0.4 is 0 Å². The fraction of sp³-hybridized carbons (Fsp3) is 0.333. The van der Waals surface area contributed by atoms with Gasteiger partial charge < -0.3 is 9.16 Å². The fourth-order valence-electron chi connectivity index (χ4n) is 4.70. The second-order valence-corrected chi connectivity index (χ2v) is 12.4. The van der Waals surface area contributed by atoms with Crippen LogP contribution in [0.25, 0.3) is 0 Å². The first-order valence-electron chi connectivity index (χ1n) is 10.8. The smallest absolute Gasteiger partial charge is 0.217 e. The van der Waals surface area contributed by atoms with E-state index in [9.17, 15) is 0 Å². The molecule has 2 nitrogen and oxygen atoms in total. The Balaban J connectivity index is 2.35. The van der Waals surface area contributed by atoms with E-state index in [0.29, 0.717) is 0 Å². The molecule has 0 aliphatic rings. The molecule has 3 heteroatoms. The first-order chi connectivity index (χ1) is 14.5. The van der Waals surface area contributed by atoms with Crippen LogP contribution in [0.1, 0.15) is 37.0 Å². The molecule has 0 N–H and O–H groups in total. The van der Waals surface area contributed by atoms with Crippen LogP contribution in [0, 0.1) is 0 Å². The molecule has 30 heavy (non-hydrogen) atoms. The van der Waals surface area contributed by atoms with E-state index in [2.05, 4.69) is 118 Å². The van der Waals surface area contributed by atoms with Gasteiger partial charge in [-0.25, -0.2) is 0 Å². The van der Waals surface area contributed by atoms with Crippen molar-refractivity contribution in [2.75, 3.05) is 7.11 Å². The van der Waals surface area contributed by atoms with Crippen molar-refractivity contribution >= 4 is 8.32 Å². The quantitative estimate of drug-likeness (QED) is 0.288. The van der Waals surface area contributed by atoms with Gasteiger partial charge in [-0.3, -0.25) is 0 Å². The molecule has 3 aromatic rings. The number of rotatable bonds is 9. The third-order valence-corrected chi connectivity index (χ3v) is 8.97. The van der Waals surface area contributed by atoms with Gasteiger partial charge in [0.1, 0.15) is 0 Å². The van der Waals surface area contributed by atoms with Crippen LogP contribution in [0.3, 0.4) is 0 Å². The normalized spacial score (nSPS) is 14.3. The summed E-state index contributed by atoms with van der Waals surface area (Å²) in [6.07, 6.45) is 1.19. The summed E-state index contributed by atoms with van der Waals surface area (Å²) in [5, 5.41) is 0. The van der Waals surface area contributed by atoms with Crippen molar-refractivity contribution in [3.8, 4) is 0 Å². The second kappa shape index (κ2) is 9.74. The molecule has 0 aliphatic carbocycles. The average Bonchev–Trinajstić information content (AvgIpc) is 2.78. The zero-order valence-corrected chi connectivity index (χ0v) is 19.8. The minimum Gasteiger partial charge on any atom is -0.412 e. The van der Waals surface area contributed by atoms with Crippen LogP contribution in [0.15, 0.2) is 91.0 Å². The van der Waals surface area contributed by atoms with Crippen molar-refractivity contribution in [1.29, 1.82) is 0 Å². The molecule has 0 radical (unpaired) electrons. The lowest BCUT2D eigenvalue weighted by molar-refractivity contribution is 0.0824. The first kappa shape index (κ1) is 22.5. The molecule has 0 heterocycles. The zero-order chi connectivity index (χ0) is 21.6. The highest BCUT2D eigenvalue weighted by Gasteiger charge is 2.53. The van der Waals surface area contributed by atoms with Gasteiger partial charge in [-0.05, 0) is 43.1 Å². The van der Waals surface area contributed by atoms with Gasteiger partial charge in [0.25, 0.3) is 0 Å². The molecule has 0 spiro atoms. The summed E-state index contributed by atoms with van der Waals surface area (Å²) < 4.78 is 13.2. The maximum atomic E-state index is 6.72. The van der Waals surface area contributed by atoms with Crippen LogP contribution in [0.2, 0.25) is 13.1 Å². The molecule has 0 aliphatic heterocycles. The predicted octanol–water partition coefficient (Wildman–Crippen LogP) is 6.60. The number of hydrogen-bond donors (Lipinski definition) is 0. The second-order valence-electron chi connectivity index (χ2n) is 8.46. The van der Waals surface area contributed by atoms with Crippen molar-refractivity contribution in [2.24, 2.45) is 0 Å². The lowest BCUT2D eigenvalue weighted by atomic mass is 9.69. The fourth-order valence-corrected chi connectivity index (χ4v) is 8.14. The van der Waals surface area contributed by atoms with Crippen LogP contribution in [0.5, 0.6) is 0 Å². The summed E-state index contributed by atoms with van der Waals surface area (Å²) >= 11 is 0. The molecule has 3 aromatic carbocycles. The van der Waals surface area contributed by atoms with Gasteiger partial charge in [0, 0.05) is 13.2 Å². The van der Waals surface area contributed by atoms with Crippen molar-refractivity contribution < 1.29 is 9.16 Å². The van der Waals surface area contributed by atoms with E-state index in [1.807, 2.05) is 7.11 Å². The molecule has 2 atom stereocenters. The summed E-state index contributed by atoms with van der Waals surface area (Å²) in [6, 6.07) is 32.3. The SMILES string of the molecule is CC[C@H](C)O[Si](C)(C)[C@@H](OC)C(c1ccccc1)(c1ccccc1)c1ccccc1. The van der Waals surface area contributed by atoms with Gasteiger partial charge >= 0.3 is 0 Å². The maximum Gasteiger partial charge on any atom is 0.217 e. The van der Waals surface area contributed by atoms with Crippen LogP contribution in [-0.2, 0) is 14.6 Å². The first-order valence-corrected chi connectivity index (χ1v) is 13.8. The molecular formula is C27H34O2Si. The Kier molecular flexibility index (Phi) is 7.30. The van der Waals surface area contributed by atoms with Gasteiger partial charge in [0.15, 0.2) is 0 Å². The summed E-state index contributed by atoms with van der Waals surface area (Å²) in [4.78, 5) is 0. The van der Waals surface area contributed by atoms with Crippen LogP contribution >= 0.6 is 0 Å². The number of benzene rings is 3. The van der Waals surface area contributed by atoms with Crippen LogP contribution in [0.4, 0.5) is 0 Å². The van der Waals surface area contributed by atoms with Crippen molar-refractivity contribution in [3.63, 3.8) is 0 Å². The van der Waals surface area contributed by atoms with E-state index in [1.165, 1.54) is 16.7 Å². The Morgan fingerprint density at radius 2 is 1.10 bits per heavy atom. The van der Waals surface area contributed by atoms with E-state index < -0.39 is 13.7 Å². The van der Waals surface area contributed by atoms with E-state index in [1.54, 1.807) is 0 Å². The van der Waals surface area contributed by atoms with Gasteiger partial charge in [0.2, 0.25) is 8.32 Å². The molecule has 0 bridgehead atoms. The Morgan fingerprint density at radius 1 is 0.733 bits per heavy atom. The molecule has 0 fully saturated rings.